The Morgan fingerprint density at radius 1 is 1.19 bits per heavy atom. The number of aliphatic imine (C=N–C) groups is 1. The standard InChI is InChI=1S/C23H25ClN4O3/c1-31-18-8-6-16(7-9-18)21-22(30)27-23(26-21)10-12-28(13-11-23)15-20(29)25-14-17-4-2-3-5-19(17)24/h2-9H,10-15H2,1H3,(H,25,29)(H,27,30). The van der Waals surface area contributed by atoms with Crippen LogP contribution in [-0.2, 0) is 16.1 Å². The molecule has 0 aromatic heterocycles. The van der Waals surface area contributed by atoms with Gasteiger partial charge >= 0.3 is 0 Å². The molecule has 7 nitrogen and oxygen atoms in total. The first-order valence-electron chi connectivity index (χ1n) is 10.3. The molecule has 0 unspecified atom stereocenters. The maximum atomic E-state index is 12.5. The number of likely N-dealkylation sites (tertiary alicyclic amines) is 1. The number of benzene rings is 2. The number of rotatable bonds is 6. The SMILES string of the molecule is COc1ccc(C2=NC3(CCN(CC(=O)NCc4ccccc4Cl)CC3)NC2=O)cc1. The van der Waals surface area contributed by atoms with Gasteiger partial charge in [0.15, 0.2) is 0 Å². The van der Waals surface area contributed by atoms with E-state index in [-0.39, 0.29) is 11.8 Å². The average molecular weight is 441 g/mol. The maximum absolute atomic E-state index is 12.5. The molecule has 0 bridgehead atoms. The van der Waals surface area contributed by atoms with Gasteiger partial charge < -0.3 is 15.4 Å². The molecule has 0 radical (unpaired) electrons. The van der Waals surface area contributed by atoms with Crippen LogP contribution in [0.25, 0.3) is 0 Å². The summed E-state index contributed by atoms with van der Waals surface area (Å²) in [5.41, 5.74) is 1.53. The minimum atomic E-state index is -0.586. The minimum absolute atomic E-state index is 0.0475. The van der Waals surface area contributed by atoms with Gasteiger partial charge in [0, 0.05) is 43.1 Å². The Labute approximate surface area is 186 Å². The summed E-state index contributed by atoms with van der Waals surface area (Å²) < 4.78 is 5.18. The number of piperidine rings is 1. The van der Waals surface area contributed by atoms with Crippen LogP contribution < -0.4 is 15.4 Å². The molecule has 0 aliphatic carbocycles. The molecule has 2 aromatic rings. The summed E-state index contributed by atoms with van der Waals surface area (Å²) in [7, 11) is 1.61. The third-order valence-corrected chi connectivity index (χ3v) is 6.10. The highest BCUT2D eigenvalue weighted by molar-refractivity contribution is 6.46. The number of halogens is 1. The van der Waals surface area contributed by atoms with E-state index >= 15 is 0 Å². The van der Waals surface area contributed by atoms with Gasteiger partial charge in [0.1, 0.15) is 17.1 Å². The van der Waals surface area contributed by atoms with Gasteiger partial charge in [0.2, 0.25) is 5.91 Å². The van der Waals surface area contributed by atoms with E-state index in [1.807, 2.05) is 48.5 Å². The van der Waals surface area contributed by atoms with E-state index in [1.165, 1.54) is 0 Å². The highest BCUT2D eigenvalue weighted by Crippen LogP contribution is 2.29. The van der Waals surface area contributed by atoms with E-state index < -0.39 is 5.66 Å². The van der Waals surface area contributed by atoms with Crippen molar-refractivity contribution >= 4 is 29.1 Å². The first-order valence-corrected chi connectivity index (χ1v) is 10.6. The number of nitrogens with one attached hydrogen (secondary N) is 2. The number of amides is 2. The number of hydrogen-bond donors (Lipinski definition) is 2. The molecule has 0 atom stereocenters. The predicted octanol–water partition coefficient (Wildman–Crippen LogP) is 2.38. The summed E-state index contributed by atoms with van der Waals surface area (Å²) in [5, 5.41) is 6.62. The Morgan fingerprint density at radius 3 is 2.58 bits per heavy atom. The summed E-state index contributed by atoms with van der Waals surface area (Å²) in [5.74, 6) is 0.531. The number of ether oxygens (including phenoxy) is 1. The van der Waals surface area contributed by atoms with Crippen LogP contribution in [-0.4, -0.2) is 54.8 Å². The van der Waals surface area contributed by atoms with E-state index in [4.69, 9.17) is 21.3 Å². The van der Waals surface area contributed by atoms with Gasteiger partial charge in [-0.3, -0.25) is 19.5 Å². The maximum Gasteiger partial charge on any atom is 0.272 e. The first kappa shape index (κ1) is 21.3. The van der Waals surface area contributed by atoms with Crippen molar-refractivity contribution in [2.24, 2.45) is 4.99 Å². The Bertz CT molecular complexity index is 998. The van der Waals surface area contributed by atoms with Crippen LogP contribution >= 0.6 is 11.6 Å². The van der Waals surface area contributed by atoms with Gasteiger partial charge in [-0.2, -0.15) is 0 Å². The molecule has 162 valence electrons. The number of carbonyl (C=O) groups excluding carboxylic acids is 2. The molecule has 4 rings (SSSR count). The van der Waals surface area contributed by atoms with Gasteiger partial charge in [-0.15, -0.1) is 0 Å². The Balaban J connectivity index is 1.31. The fourth-order valence-corrected chi connectivity index (χ4v) is 4.12. The van der Waals surface area contributed by atoms with Crippen LogP contribution in [0.4, 0.5) is 0 Å². The minimum Gasteiger partial charge on any atom is -0.497 e. The largest absolute Gasteiger partial charge is 0.497 e. The van der Waals surface area contributed by atoms with Crippen molar-refractivity contribution in [2.45, 2.75) is 25.0 Å². The fraction of sp³-hybridized carbons (Fsp3) is 0.348. The average Bonchev–Trinajstić information content (AvgIpc) is 3.11. The van der Waals surface area contributed by atoms with Crippen LogP contribution in [0.2, 0.25) is 5.02 Å². The lowest BCUT2D eigenvalue weighted by Crippen LogP contribution is -2.52. The molecule has 2 aliphatic heterocycles. The van der Waals surface area contributed by atoms with Crippen molar-refractivity contribution in [3.63, 3.8) is 0 Å². The molecule has 1 spiro atoms. The van der Waals surface area contributed by atoms with E-state index in [2.05, 4.69) is 15.5 Å². The Hall–Kier alpha value is -2.90. The van der Waals surface area contributed by atoms with Crippen molar-refractivity contribution in [2.75, 3.05) is 26.7 Å². The number of methoxy groups -OCH3 is 1. The molecule has 2 amide bonds. The Kier molecular flexibility index (Phi) is 6.25. The van der Waals surface area contributed by atoms with Gasteiger partial charge in [-0.1, -0.05) is 29.8 Å². The zero-order chi connectivity index (χ0) is 21.8. The second-order valence-electron chi connectivity index (χ2n) is 7.82. The number of nitrogens with zero attached hydrogens (tertiary/aromatic N) is 2. The summed E-state index contributed by atoms with van der Waals surface area (Å²) in [6.07, 6.45) is 1.33. The van der Waals surface area contributed by atoms with E-state index in [0.717, 1.165) is 16.9 Å². The smallest absolute Gasteiger partial charge is 0.272 e. The molecule has 2 aliphatic rings. The van der Waals surface area contributed by atoms with Crippen molar-refractivity contribution in [3.05, 3.63) is 64.7 Å². The van der Waals surface area contributed by atoms with Crippen molar-refractivity contribution in [3.8, 4) is 5.75 Å². The topological polar surface area (TPSA) is 83.0 Å². The van der Waals surface area contributed by atoms with Crippen molar-refractivity contribution in [1.82, 2.24) is 15.5 Å². The van der Waals surface area contributed by atoms with Crippen LogP contribution in [0.5, 0.6) is 5.75 Å². The molecule has 8 heteroatoms. The molecule has 2 N–H and O–H groups in total. The molecule has 1 saturated heterocycles. The molecular formula is C23H25ClN4O3. The quantitative estimate of drug-likeness (QED) is 0.722. The van der Waals surface area contributed by atoms with Gasteiger partial charge in [-0.25, -0.2) is 0 Å². The first-order chi connectivity index (χ1) is 15.0. The predicted molar refractivity (Wildman–Crippen MR) is 119 cm³/mol. The molecular weight excluding hydrogens is 416 g/mol. The molecule has 0 saturated carbocycles. The molecule has 2 heterocycles. The lowest BCUT2D eigenvalue weighted by molar-refractivity contribution is -0.123. The van der Waals surface area contributed by atoms with Crippen LogP contribution in [0.1, 0.15) is 24.0 Å². The molecule has 1 fully saturated rings. The van der Waals surface area contributed by atoms with E-state index in [0.29, 0.717) is 49.8 Å². The van der Waals surface area contributed by atoms with Crippen molar-refractivity contribution < 1.29 is 14.3 Å². The molecule has 31 heavy (non-hydrogen) atoms. The van der Waals surface area contributed by atoms with Crippen LogP contribution in [0, 0.1) is 0 Å². The Morgan fingerprint density at radius 2 is 1.90 bits per heavy atom. The van der Waals surface area contributed by atoms with Crippen LogP contribution in [0.3, 0.4) is 0 Å². The molecule has 2 aromatic carbocycles. The summed E-state index contributed by atoms with van der Waals surface area (Å²) in [6, 6.07) is 14.8. The second kappa shape index (κ2) is 9.08. The second-order valence-corrected chi connectivity index (χ2v) is 8.23. The lowest BCUT2D eigenvalue weighted by atomic mass is 9.98. The highest BCUT2D eigenvalue weighted by atomic mass is 35.5. The summed E-state index contributed by atoms with van der Waals surface area (Å²) in [6.45, 7) is 2.07. The zero-order valence-corrected chi connectivity index (χ0v) is 18.1. The number of carbonyl (C=O) groups is 2. The third kappa shape index (κ3) is 4.89. The highest BCUT2D eigenvalue weighted by Gasteiger charge is 2.42. The van der Waals surface area contributed by atoms with E-state index in [9.17, 15) is 9.59 Å². The monoisotopic (exact) mass is 440 g/mol. The lowest BCUT2D eigenvalue weighted by Gasteiger charge is -2.36. The summed E-state index contributed by atoms with van der Waals surface area (Å²) >= 11 is 6.14. The van der Waals surface area contributed by atoms with Gasteiger partial charge in [0.25, 0.3) is 5.91 Å². The van der Waals surface area contributed by atoms with Crippen LogP contribution in [0.15, 0.2) is 53.5 Å². The normalized spacial score (nSPS) is 17.9. The summed E-state index contributed by atoms with van der Waals surface area (Å²) in [4.78, 5) is 31.7. The van der Waals surface area contributed by atoms with E-state index in [1.54, 1.807) is 7.11 Å². The van der Waals surface area contributed by atoms with Gasteiger partial charge in [0.05, 0.1) is 13.7 Å². The van der Waals surface area contributed by atoms with Crippen molar-refractivity contribution in [1.29, 1.82) is 0 Å². The third-order valence-electron chi connectivity index (χ3n) is 5.73. The van der Waals surface area contributed by atoms with Gasteiger partial charge in [-0.05, 0) is 35.9 Å². The fourth-order valence-electron chi connectivity index (χ4n) is 3.92. The number of hydrogen-bond acceptors (Lipinski definition) is 5. The zero-order valence-electron chi connectivity index (χ0n) is 17.4.